The molecule has 0 atom stereocenters. The second-order valence-electron chi connectivity index (χ2n) is 5.11. The van der Waals surface area contributed by atoms with E-state index in [1.165, 1.54) is 12.1 Å². The number of phenols is 1. The van der Waals surface area contributed by atoms with Gasteiger partial charge in [0.1, 0.15) is 5.75 Å². The van der Waals surface area contributed by atoms with Crippen LogP contribution in [0.2, 0.25) is 0 Å². The molecule has 3 N–H and O–H groups in total. The minimum atomic E-state index is -0.714. The summed E-state index contributed by atoms with van der Waals surface area (Å²) < 4.78 is 1.84. The van der Waals surface area contributed by atoms with Crippen LogP contribution < -0.4 is 10.9 Å². The minimum Gasteiger partial charge on any atom is -0.508 e. The molecule has 1 heterocycles. The molecule has 126 valence electrons. The van der Waals surface area contributed by atoms with E-state index in [0.29, 0.717) is 11.4 Å². The van der Waals surface area contributed by atoms with Gasteiger partial charge in [-0.2, -0.15) is 9.78 Å². The molecule has 3 rings (SSSR count). The van der Waals surface area contributed by atoms with E-state index in [4.69, 9.17) is 0 Å². The normalized spacial score (nSPS) is 10.4. The number of carbonyl (C=O) groups excluding carboxylic acids is 1. The number of hydrogen-bond donors (Lipinski definition) is 3. The lowest BCUT2D eigenvalue weighted by Crippen LogP contribution is -2.25. The number of hydrogen-bond acceptors (Lipinski definition) is 5. The number of aromatic hydroxyl groups is 2. The molecule has 0 fully saturated rings. The average molecular weight is 402 g/mol. The number of nitrogens with zero attached hydrogens (tertiary/aromatic N) is 2. The maximum atomic E-state index is 12.4. The van der Waals surface area contributed by atoms with Gasteiger partial charge in [0.05, 0.1) is 5.69 Å². The summed E-state index contributed by atoms with van der Waals surface area (Å²) >= 11 is 3.30. The summed E-state index contributed by atoms with van der Waals surface area (Å²) in [6.45, 7) is 0. The van der Waals surface area contributed by atoms with Crippen LogP contribution in [0.1, 0.15) is 10.5 Å². The fraction of sp³-hybridized carbons (Fsp3) is 0. The summed E-state index contributed by atoms with van der Waals surface area (Å²) in [5.74, 6) is -1.26. The lowest BCUT2D eigenvalue weighted by atomic mass is 10.2. The van der Waals surface area contributed by atoms with E-state index in [9.17, 15) is 19.8 Å². The summed E-state index contributed by atoms with van der Waals surface area (Å²) in [7, 11) is 0. The Kier molecular flexibility index (Phi) is 4.53. The molecule has 1 amide bonds. The van der Waals surface area contributed by atoms with Crippen molar-refractivity contribution in [2.24, 2.45) is 0 Å². The Morgan fingerprint density at radius 1 is 1.08 bits per heavy atom. The SMILES string of the molecule is O=C(Nc1cccc(O)c1)c1nn(-c2ccc(Br)cc2)c(=O)cc1O. The molecule has 8 heteroatoms. The predicted octanol–water partition coefficient (Wildman–Crippen LogP) is 2.66. The molecule has 25 heavy (non-hydrogen) atoms. The molecule has 2 aromatic carbocycles. The van der Waals surface area contributed by atoms with Crippen LogP contribution in [0.15, 0.2) is 63.9 Å². The monoisotopic (exact) mass is 401 g/mol. The summed E-state index contributed by atoms with van der Waals surface area (Å²) in [4.78, 5) is 24.4. The van der Waals surface area contributed by atoms with Gasteiger partial charge < -0.3 is 15.5 Å². The number of rotatable bonds is 3. The zero-order valence-electron chi connectivity index (χ0n) is 12.7. The summed E-state index contributed by atoms with van der Waals surface area (Å²) in [5.41, 5.74) is -0.119. The smallest absolute Gasteiger partial charge is 0.279 e. The van der Waals surface area contributed by atoms with Crippen LogP contribution in [0, 0.1) is 0 Å². The van der Waals surface area contributed by atoms with Crippen LogP contribution in [-0.4, -0.2) is 25.9 Å². The second kappa shape index (κ2) is 6.78. The molecule has 7 nitrogen and oxygen atoms in total. The van der Waals surface area contributed by atoms with E-state index < -0.39 is 17.2 Å². The van der Waals surface area contributed by atoms with Gasteiger partial charge in [-0.15, -0.1) is 0 Å². The first kappa shape index (κ1) is 16.7. The Morgan fingerprint density at radius 3 is 2.48 bits per heavy atom. The molecule has 0 spiro atoms. The largest absolute Gasteiger partial charge is 0.508 e. The molecule has 0 unspecified atom stereocenters. The van der Waals surface area contributed by atoms with E-state index in [1.54, 1.807) is 36.4 Å². The number of aromatic nitrogens is 2. The third-order valence-electron chi connectivity index (χ3n) is 3.30. The van der Waals surface area contributed by atoms with Crippen LogP contribution >= 0.6 is 15.9 Å². The average Bonchev–Trinajstić information content (AvgIpc) is 2.56. The molecule has 0 saturated carbocycles. The minimum absolute atomic E-state index is 0.0187. The van der Waals surface area contributed by atoms with Gasteiger partial charge in [-0.1, -0.05) is 22.0 Å². The van der Waals surface area contributed by atoms with Crippen molar-refractivity contribution in [3.63, 3.8) is 0 Å². The molecule has 0 radical (unpaired) electrons. The summed E-state index contributed by atoms with van der Waals surface area (Å²) in [5, 5.41) is 25.8. The lowest BCUT2D eigenvalue weighted by Gasteiger charge is -2.09. The van der Waals surface area contributed by atoms with Crippen molar-refractivity contribution in [1.82, 2.24) is 9.78 Å². The number of benzene rings is 2. The van der Waals surface area contributed by atoms with Gasteiger partial charge >= 0.3 is 0 Å². The Balaban J connectivity index is 1.98. The topological polar surface area (TPSA) is 104 Å². The Labute approximate surface area is 150 Å². The highest BCUT2D eigenvalue weighted by atomic mass is 79.9. The van der Waals surface area contributed by atoms with E-state index in [-0.39, 0.29) is 11.4 Å². The van der Waals surface area contributed by atoms with Crippen molar-refractivity contribution in [1.29, 1.82) is 0 Å². The first-order valence-corrected chi connectivity index (χ1v) is 7.93. The second-order valence-corrected chi connectivity index (χ2v) is 6.02. The van der Waals surface area contributed by atoms with Crippen molar-refractivity contribution < 1.29 is 15.0 Å². The van der Waals surface area contributed by atoms with Crippen LogP contribution in [0.3, 0.4) is 0 Å². The van der Waals surface area contributed by atoms with Crippen LogP contribution in [0.4, 0.5) is 5.69 Å². The van der Waals surface area contributed by atoms with Crippen LogP contribution in [0.25, 0.3) is 5.69 Å². The first-order valence-electron chi connectivity index (χ1n) is 7.14. The molecule has 0 aliphatic rings. The Bertz CT molecular complexity index is 1000. The predicted molar refractivity (Wildman–Crippen MR) is 95.3 cm³/mol. The maximum absolute atomic E-state index is 12.4. The lowest BCUT2D eigenvalue weighted by molar-refractivity contribution is 0.101. The number of carbonyl (C=O) groups is 1. The summed E-state index contributed by atoms with van der Waals surface area (Å²) in [6.07, 6.45) is 0. The van der Waals surface area contributed by atoms with Crippen LogP contribution in [0.5, 0.6) is 11.5 Å². The number of nitrogens with one attached hydrogen (secondary N) is 1. The zero-order chi connectivity index (χ0) is 18.0. The molecular formula is C17H12BrN3O4. The standard InChI is InChI=1S/C17H12BrN3O4/c18-10-4-6-12(7-5-10)21-15(24)9-14(23)16(20-21)17(25)19-11-2-1-3-13(22)8-11/h1-9,22-23H,(H,19,25). The van der Waals surface area contributed by atoms with E-state index in [1.807, 2.05) is 0 Å². The van der Waals surface area contributed by atoms with Crippen molar-refractivity contribution in [2.75, 3.05) is 5.32 Å². The summed E-state index contributed by atoms with van der Waals surface area (Å²) in [6, 6.07) is 13.6. The van der Waals surface area contributed by atoms with E-state index >= 15 is 0 Å². The third-order valence-corrected chi connectivity index (χ3v) is 3.83. The maximum Gasteiger partial charge on any atom is 0.279 e. The fourth-order valence-corrected chi connectivity index (χ4v) is 2.41. The molecule has 0 saturated heterocycles. The van der Waals surface area contributed by atoms with Gasteiger partial charge in [0.2, 0.25) is 0 Å². The van der Waals surface area contributed by atoms with Gasteiger partial charge in [0, 0.05) is 22.3 Å². The molecule has 3 aromatic rings. The molecular weight excluding hydrogens is 390 g/mol. The number of phenolic OH excluding ortho intramolecular Hbond substituents is 1. The van der Waals surface area contributed by atoms with Crippen molar-refractivity contribution in [2.45, 2.75) is 0 Å². The number of amides is 1. The highest BCUT2D eigenvalue weighted by Gasteiger charge is 2.17. The molecule has 0 aliphatic heterocycles. The first-order chi connectivity index (χ1) is 11.9. The highest BCUT2D eigenvalue weighted by Crippen LogP contribution is 2.19. The number of halogens is 1. The van der Waals surface area contributed by atoms with Gasteiger partial charge in [-0.25, -0.2) is 0 Å². The molecule has 0 bridgehead atoms. The quantitative estimate of drug-likeness (QED) is 0.625. The van der Waals surface area contributed by atoms with Gasteiger partial charge in [-0.05, 0) is 36.4 Å². The van der Waals surface area contributed by atoms with Gasteiger partial charge in [-0.3, -0.25) is 9.59 Å². The van der Waals surface area contributed by atoms with Crippen molar-refractivity contribution in [3.05, 3.63) is 75.1 Å². The van der Waals surface area contributed by atoms with E-state index in [2.05, 4.69) is 26.3 Å². The Hall–Kier alpha value is -3.13. The fourth-order valence-electron chi connectivity index (χ4n) is 2.15. The zero-order valence-corrected chi connectivity index (χ0v) is 14.3. The highest BCUT2D eigenvalue weighted by molar-refractivity contribution is 9.10. The third kappa shape index (κ3) is 3.69. The Morgan fingerprint density at radius 2 is 1.80 bits per heavy atom. The van der Waals surface area contributed by atoms with Gasteiger partial charge in [0.25, 0.3) is 11.5 Å². The van der Waals surface area contributed by atoms with Crippen molar-refractivity contribution >= 4 is 27.5 Å². The molecule has 0 aliphatic carbocycles. The molecule has 1 aromatic heterocycles. The van der Waals surface area contributed by atoms with Gasteiger partial charge in [0.15, 0.2) is 11.4 Å². The van der Waals surface area contributed by atoms with Crippen molar-refractivity contribution in [3.8, 4) is 17.2 Å². The van der Waals surface area contributed by atoms with E-state index in [0.717, 1.165) is 15.2 Å². The number of anilines is 1. The van der Waals surface area contributed by atoms with Crippen LogP contribution in [-0.2, 0) is 0 Å².